The number of nitrogens with one attached hydrogen (secondary N) is 2. The summed E-state index contributed by atoms with van der Waals surface area (Å²) in [6.45, 7) is 6.83. The third-order valence-corrected chi connectivity index (χ3v) is 3.03. The van der Waals surface area contributed by atoms with E-state index in [-0.39, 0.29) is 12.3 Å². The van der Waals surface area contributed by atoms with Crippen molar-refractivity contribution in [3.05, 3.63) is 0 Å². The SMILES string of the molecule is CC(CC(N)=NO)NS(=O)(=O)NC(C)(C)C. The lowest BCUT2D eigenvalue weighted by Gasteiger charge is -2.22. The number of hydrogen-bond donors (Lipinski definition) is 4. The summed E-state index contributed by atoms with van der Waals surface area (Å²) in [5.74, 6) is -0.0223. The van der Waals surface area contributed by atoms with Gasteiger partial charge in [-0.05, 0) is 27.7 Å². The molecule has 0 heterocycles. The molecule has 0 spiro atoms. The van der Waals surface area contributed by atoms with Gasteiger partial charge in [-0.3, -0.25) is 0 Å². The van der Waals surface area contributed by atoms with Gasteiger partial charge in [0.2, 0.25) is 0 Å². The molecule has 0 amide bonds. The minimum atomic E-state index is -3.58. The van der Waals surface area contributed by atoms with E-state index in [1.165, 1.54) is 0 Å². The average Bonchev–Trinajstić information content (AvgIpc) is 1.97. The van der Waals surface area contributed by atoms with Gasteiger partial charge in [0.05, 0.1) is 0 Å². The lowest BCUT2D eigenvalue weighted by Crippen LogP contribution is -2.49. The van der Waals surface area contributed by atoms with Gasteiger partial charge in [0.1, 0.15) is 5.84 Å². The first kappa shape index (κ1) is 15.1. The summed E-state index contributed by atoms with van der Waals surface area (Å²) in [6, 6.07) is -0.448. The monoisotopic (exact) mass is 252 g/mol. The average molecular weight is 252 g/mol. The minimum absolute atomic E-state index is 0.0223. The Morgan fingerprint density at radius 2 is 2.00 bits per heavy atom. The van der Waals surface area contributed by atoms with Gasteiger partial charge in [-0.15, -0.1) is 0 Å². The molecule has 0 saturated carbocycles. The number of amidine groups is 1. The topological polar surface area (TPSA) is 117 Å². The number of nitrogens with two attached hydrogens (primary N) is 1. The second-order valence-electron chi connectivity index (χ2n) is 4.67. The van der Waals surface area contributed by atoms with Crippen molar-refractivity contribution in [2.45, 2.75) is 45.7 Å². The zero-order valence-corrected chi connectivity index (χ0v) is 10.8. The van der Waals surface area contributed by atoms with Crippen molar-refractivity contribution in [3.8, 4) is 0 Å². The predicted molar refractivity (Wildman–Crippen MR) is 62.4 cm³/mol. The van der Waals surface area contributed by atoms with Crippen LogP contribution >= 0.6 is 0 Å². The first-order chi connectivity index (χ1) is 7.06. The zero-order chi connectivity index (χ0) is 13.0. The molecule has 0 aliphatic heterocycles. The maximum atomic E-state index is 11.6. The lowest BCUT2D eigenvalue weighted by molar-refractivity contribution is 0.316. The molecule has 0 bridgehead atoms. The molecule has 7 nitrogen and oxygen atoms in total. The van der Waals surface area contributed by atoms with E-state index >= 15 is 0 Å². The van der Waals surface area contributed by atoms with Crippen molar-refractivity contribution < 1.29 is 13.6 Å². The Morgan fingerprint density at radius 1 is 1.50 bits per heavy atom. The summed E-state index contributed by atoms with van der Waals surface area (Å²) in [4.78, 5) is 0. The Balaban J connectivity index is 4.38. The predicted octanol–water partition coefficient (Wildman–Crippen LogP) is -0.266. The van der Waals surface area contributed by atoms with E-state index in [2.05, 4.69) is 14.6 Å². The molecule has 0 aromatic rings. The van der Waals surface area contributed by atoms with Crippen LogP contribution in [0, 0.1) is 0 Å². The molecule has 1 unspecified atom stereocenters. The van der Waals surface area contributed by atoms with Crippen LogP contribution in [0.4, 0.5) is 0 Å². The highest BCUT2D eigenvalue weighted by Crippen LogP contribution is 2.02. The van der Waals surface area contributed by atoms with Crippen LogP contribution in [0.2, 0.25) is 0 Å². The van der Waals surface area contributed by atoms with E-state index in [1.54, 1.807) is 27.7 Å². The van der Waals surface area contributed by atoms with E-state index in [0.717, 1.165) is 0 Å². The number of nitrogens with zero attached hydrogens (tertiary/aromatic N) is 1. The molecule has 8 heteroatoms. The molecule has 0 aromatic carbocycles. The second kappa shape index (κ2) is 5.46. The fourth-order valence-electron chi connectivity index (χ4n) is 1.09. The molecule has 96 valence electrons. The first-order valence-electron chi connectivity index (χ1n) is 4.83. The summed E-state index contributed by atoms with van der Waals surface area (Å²) < 4.78 is 27.9. The smallest absolute Gasteiger partial charge is 0.277 e. The Hall–Kier alpha value is -0.860. The molecule has 16 heavy (non-hydrogen) atoms. The third kappa shape index (κ3) is 7.43. The molecule has 0 rings (SSSR count). The summed E-state index contributed by atoms with van der Waals surface area (Å²) in [5.41, 5.74) is 4.71. The van der Waals surface area contributed by atoms with Crippen molar-refractivity contribution >= 4 is 16.0 Å². The minimum Gasteiger partial charge on any atom is -0.409 e. The van der Waals surface area contributed by atoms with Crippen LogP contribution in [0.1, 0.15) is 34.1 Å². The normalized spacial score (nSPS) is 16.1. The van der Waals surface area contributed by atoms with Crippen LogP contribution in [0.3, 0.4) is 0 Å². The van der Waals surface area contributed by atoms with Crippen LogP contribution < -0.4 is 15.2 Å². The fraction of sp³-hybridized carbons (Fsp3) is 0.875. The number of oxime groups is 1. The van der Waals surface area contributed by atoms with Crippen molar-refractivity contribution in [1.29, 1.82) is 0 Å². The molecular formula is C8H20N4O3S. The van der Waals surface area contributed by atoms with E-state index in [0.29, 0.717) is 0 Å². The van der Waals surface area contributed by atoms with Crippen molar-refractivity contribution in [2.24, 2.45) is 10.9 Å². The van der Waals surface area contributed by atoms with Gasteiger partial charge in [-0.2, -0.15) is 17.9 Å². The maximum Gasteiger partial charge on any atom is 0.277 e. The van der Waals surface area contributed by atoms with Gasteiger partial charge in [-0.25, -0.2) is 0 Å². The molecule has 0 aliphatic rings. The molecule has 0 fully saturated rings. The molecule has 0 radical (unpaired) electrons. The summed E-state index contributed by atoms with van der Waals surface area (Å²) in [6.07, 6.45) is 0.140. The van der Waals surface area contributed by atoms with Gasteiger partial charge in [0.15, 0.2) is 0 Å². The van der Waals surface area contributed by atoms with Gasteiger partial charge >= 0.3 is 0 Å². The van der Waals surface area contributed by atoms with E-state index in [9.17, 15) is 8.42 Å². The van der Waals surface area contributed by atoms with Crippen LogP contribution in [0.5, 0.6) is 0 Å². The van der Waals surface area contributed by atoms with Gasteiger partial charge < -0.3 is 10.9 Å². The van der Waals surface area contributed by atoms with Crippen LogP contribution in [0.15, 0.2) is 5.16 Å². The highest BCUT2D eigenvalue weighted by atomic mass is 32.2. The highest BCUT2D eigenvalue weighted by Gasteiger charge is 2.21. The van der Waals surface area contributed by atoms with Crippen molar-refractivity contribution in [3.63, 3.8) is 0 Å². The summed E-state index contributed by atoms with van der Waals surface area (Å²) in [5, 5.41) is 11.1. The van der Waals surface area contributed by atoms with Crippen LogP contribution in [0.25, 0.3) is 0 Å². The Labute approximate surface area is 96.3 Å². The Bertz CT molecular complexity index is 345. The first-order valence-corrected chi connectivity index (χ1v) is 6.31. The van der Waals surface area contributed by atoms with Crippen LogP contribution in [-0.4, -0.2) is 31.0 Å². The highest BCUT2D eigenvalue weighted by molar-refractivity contribution is 7.87. The molecule has 1 atom stereocenters. The van der Waals surface area contributed by atoms with E-state index in [1.807, 2.05) is 0 Å². The molecule has 0 aliphatic carbocycles. The molecule has 0 saturated heterocycles. The van der Waals surface area contributed by atoms with Gasteiger partial charge in [0, 0.05) is 18.0 Å². The standard InChI is InChI=1S/C8H20N4O3S/c1-6(5-7(9)10-13)11-16(14,15)12-8(2,3)4/h6,11-13H,5H2,1-4H3,(H2,9,10). The summed E-state index contributed by atoms with van der Waals surface area (Å²) >= 11 is 0. The fourth-order valence-corrected chi connectivity index (χ4v) is 2.57. The Morgan fingerprint density at radius 3 is 2.38 bits per heavy atom. The third-order valence-electron chi connectivity index (χ3n) is 1.44. The van der Waals surface area contributed by atoms with Gasteiger partial charge in [-0.1, -0.05) is 5.16 Å². The van der Waals surface area contributed by atoms with E-state index < -0.39 is 21.8 Å². The largest absolute Gasteiger partial charge is 0.409 e. The van der Waals surface area contributed by atoms with Crippen molar-refractivity contribution in [2.75, 3.05) is 0 Å². The Kier molecular flexibility index (Phi) is 5.17. The number of hydrogen-bond acceptors (Lipinski definition) is 4. The maximum absolute atomic E-state index is 11.6. The van der Waals surface area contributed by atoms with Crippen molar-refractivity contribution in [1.82, 2.24) is 9.44 Å². The lowest BCUT2D eigenvalue weighted by atomic mass is 10.1. The zero-order valence-electron chi connectivity index (χ0n) is 9.98. The molecular weight excluding hydrogens is 232 g/mol. The molecule has 0 aromatic heterocycles. The van der Waals surface area contributed by atoms with Gasteiger partial charge in [0.25, 0.3) is 10.2 Å². The van der Waals surface area contributed by atoms with E-state index in [4.69, 9.17) is 10.9 Å². The number of rotatable bonds is 5. The summed E-state index contributed by atoms with van der Waals surface area (Å²) in [7, 11) is -3.58. The second-order valence-corrected chi connectivity index (χ2v) is 6.12. The van der Waals surface area contributed by atoms with Crippen LogP contribution in [-0.2, 0) is 10.2 Å². The quantitative estimate of drug-likeness (QED) is 0.233. The molecule has 5 N–H and O–H groups in total.